The zero-order valence-electron chi connectivity index (χ0n) is 82.6. The van der Waals surface area contributed by atoms with Crippen molar-refractivity contribution in [2.45, 2.75) is 185 Å². The minimum Gasteiger partial charge on any atom is -0.477 e. The number of hydrogen-bond donors (Lipinski definition) is 17. The minimum atomic E-state index is -4.06. The lowest BCUT2D eigenvalue weighted by atomic mass is 9.98. The Morgan fingerprint density at radius 2 is 0.699 bits per heavy atom. The molecule has 7 aromatic carbocycles. The molecular formula is C99H132Cl4F3N13O22S5. The summed E-state index contributed by atoms with van der Waals surface area (Å²) >= 11 is 19.6. The van der Waals surface area contributed by atoms with Gasteiger partial charge in [-0.3, -0.25) is 64.6 Å². The normalized spacial score (nSPS) is 14.0. The first kappa shape index (κ1) is 128. The van der Waals surface area contributed by atoms with Crippen LogP contribution in [0.4, 0.5) is 13.2 Å². The van der Waals surface area contributed by atoms with Crippen molar-refractivity contribution in [3.63, 3.8) is 0 Å². The van der Waals surface area contributed by atoms with Crippen molar-refractivity contribution in [1.82, 2.24) is 45.8 Å². The number of nitrogens with one attached hydrogen (secondary N) is 7. The number of β-amino-alcohol motifs (C(OH)–C–C–N with tert-alkyl or cyclic N) is 2. The number of carbonyl (C=O) groups is 10. The van der Waals surface area contributed by atoms with Crippen LogP contribution in [-0.4, -0.2) is 227 Å². The number of halogens is 7. The van der Waals surface area contributed by atoms with Crippen LogP contribution in [0.3, 0.4) is 0 Å². The van der Waals surface area contributed by atoms with E-state index in [9.17, 15) is 112 Å². The number of carboxylic acids is 1. The van der Waals surface area contributed by atoms with Gasteiger partial charge in [-0.05, 0) is 202 Å². The largest absolute Gasteiger partial charge is 0.477 e. The van der Waals surface area contributed by atoms with E-state index in [4.69, 9.17) is 62.1 Å². The standard InChI is InChI=1S/C25H29ClFN3O5S2.C19H26N2O4.C17H26ClFN2O4S.C12H14N2O3.C11H24N2O2.C9H6O2S.C6H3Cl2FO2S.H4N2/c1-15(2)11-20(30-25(33)22-12-16-5-3-4-6-21(16)36-22)24(32)28-10-9-18(31)14-29-37(34,35)23-8-7-17(27)13-19(23)26;1-12(2)10-13(3)17(23)20-9-8-14(22)11-21-18(24)15-6-4-5-7-16(15)19(21)25;1-11(2)8-12(3)17(23)20-7-6-14(22)10-21-26(24,25)16-5-4-13(19)9-15(16)18;13-6-5-8(15)7-14-11(16)9-3-1-2-4-10(9)12(14)17;1-8(2)6-9(3)11(15)13-5-4-10(14)7-12;10-9(11)8-5-6-3-1-2-4-7(6)12-8;7-5-3-4(9)1-2-6(5)12(8,10)11;1-2/h3-8,12-13,15,18,20,29,31H,9-11,14H2,1-2H3,(H,28,32)(H,30,33);4-7,12-14,22H,8-11H2,1-3H3,(H,20,23);4-5,9,11-12,14,21-22H,6-8,10H2,1-3H3,(H,20,23);1-4,8,15H,5-7,13H2;8-10,14H,4-7,12H2,1-3H3,(H,13,15);1-5H,(H,10,11);1-3H;1-2H2/t18-,20-;13-,14-;12-,14-;8-;9-,10-;;;/m00000.../s1. The molecule has 4 heterocycles. The molecule has 47 heteroatoms. The van der Waals surface area contributed by atoms with Gasteiger partial charge in [0.2, 0.25) is 43.7 Å². The molecule has 0 radical (unpaired) electrons. The van der Waals surface area contributed by atoms with E-state index in [1.54, 1.807) is 60.7 Å². The quantitative estimate of drug-likeness (QED) is 0.00730. The number of rotatable bonds is 43. The summed E-state index contributed by atoms with van der Waals surface area (Å²) in [7, 11) is -6.93. The first-order valence-electron chi connectivity index (χ1n) is 46.6. The summed E-state index contributed by atoms with van der Waals surface area (Å²) in [6, 6.07) is 40.0. The molecule has 0 spiro atoms. The number of nitrogens with two attached hydrogens (primary N) is 4. The van der Waals surface area contributed by atoms with Crippen LogP contribution in [0.15, 0.2) is 178 Å². The Balaban J connectivity index is 0.000000366. The topological polar surface area (TPSA) is 589 Å². The van der Waals surface area contributed by atoms with Crippen LogP contribution in [0, 0.1) is 58.9 Å². The Kier molecular flexibility index (Phi) is 55.9. The molecule has 0 aliphatic carbocycles. The van der Waals surface area contributed by atoms with E-state index in [0.717, 1.165) is 104 Å². The Morgan fingerprint density at radius 1 is 0.397 bits per heavy atom. The van der Waals surface area contributed by atoms with Gasteiger partial charge < -0.3 is 68.7 Å². The van der Waals surface area contributed by atoms with Gasteiger partial charge in [-0.15, -0.1) is 22.7 Å². The van der Waals surface area contributed by atoms with E-state index in [1.165, 1.54) is 22.7 Å². The van der Waals surface area contributed by atoms with E-state index in [-0.39, 0.29) is 166 Å². The molecule has 0 unspecified atom stereocenters. The SMILES string of the molecule is CC(C)C[C@H](C)C(=O)NCC[C@H](O)CN.CC(C)C[C@H](C)C(=O)NCC[C@H](O)CN1C(=O)c2ccccc2C1=O.CC(C)C[C@H](C)C(=O)NCC[C@H](O)CNS(=O)(=O)c1ccc(F)cc1Cl.CC(C)C[C@H](NC(=O)c1cc2ccccc2s1)C(=O)NCC[C@H](O)CNS(=O)(=O)c1ccc(F)cc1Cl.NCC[C@H](O)CN1C(=O)c2ccccc2C1=O.NN.O=C(O)c1cc2ccccc2s1.O=S(=O)(Cl)c1ccc(F)cc1Cl. The molecule has 2 aromatic heterocycles. The molecular weight excluding hydrogens is 2080 g/mol. The third-order valence-corrected chi connectivity index (χ3v) is 29.2. The van der Waals surface area contributed by atoms with E-state index in [0.29, 0.717) is 88.7 Å². The number of benzene rings is 7. The second-order valence-electron chi connectivity index (χ2n) is 35.6. The monoisotopic (exact) mass is 2210 g/mol. The molecule has 0 bridgehead atoms. The molecule has 0 fully saturated rings. The molecule has 2 aliphatic heterocycles. The van der Waals surface area contributed by atoms with E-state index in [1.807, 2.05) is 97.0 Å². The summed E-state index contributed by atoms with van der Waals surface area (Å²) in [6.45, 7) is 23.0. The lowest BCUT2D eigenvalue weighted by molar-refractivity contribution is -0.125. The maximum Gasteiger partial charge on any atom is 0.345 e. The molecule has 146 heavy (non-hydrogen) atoms. The number of imide groups is 2. The van der Waals surface area contributed by atoms with Crippen LogP contribution in [0.5, 0.6) is 0 Å². The van der Waals surface area contributed by atoms with E-state index in [2.05, 4.69) is 75.4 Å². The minimum absolute atomic E-state index is 0.00352. The molecule has 21 N–H and O–H groups in total. The van der Waals surface area contributed by atoms with Gasteiger partial charge in [0.05, 0.1) is 85.8 Å². The lowest BCUT2D eigenvalue weighted by Crippen LogP contribution is -2.48. The van der Waals surface area contributed by atoms with Crippen molar-refractivity contribution in [2.75, 3.05) is 65.4 Å². The number of carbonyl (C=O) groups excluding carboxylic acids is 9. The second kappa shape index (κ2) is 63.7. The van der Waals surface area contributed by atoms with Crippen molar-refractivity contribution in [3.8, 4) is 0 Å². The summed E-state index contributed by atoms with van der Waals surface area (Å²) in [4.78, 5) is 122. The molecule has 804 valence electrons. The molecule has 0 saturated carbocycles. The molecule has 0 saturated heterocycles. The Morgan fingerprint density at radius 3 is 1.01 bits per heavy atom. The number of aromatic carboxylic acids is 1. The highest BCUT2D eigenvalue weighted by Crippen LogP contribution is 2.31. The van der Waals surface area contributed by atoms with Gasteiger partial charge in [-0.1, -0.05) is 172 Å². The summed E-state index contributed by atoms with van der Waals surface area (Å²) in [6.07, 6.45) is 0.0954. The number of amides is 9. The zero-order valence-corrected chi connectivity index (χ0v) is 89.7. The van der Waals surface area contributed by atoms with Crippen molar-refractivity contribution in [3.05, 3.63) is 228 Å². The van der Waals surface area contributed by atoms with Crippen molar-refractivity contribution >= 4 is 177 Å². The second-order valence-corrected chi connectivity index (χ2v) is 45.0. The molecule has 11 rings (SSSR count). The maximum absolute atomic E-state index is 13.2. The van der Waals surface area contributed by atoms with Crippen molar-refractivity contribution < 1.29 is 117 Å². The van der Waals surface area contributed by atoms with Crippen LogP contribution >= 0.6 is 68.2 Å². The fourth-order valence-corrected chi connectivity index (χ4v) is 20.8. The van der Waals surface area contributed by atoms with Gasteiger partial charge in [-0.2, -0.15) is 0 Å². The summed E-state index contributed by atoms with van der Waals surface area (Å²) in [5.41, 5.74) is 12.1. The summed E-state index contributed by atoms with van der Waals surface area (Å²) < 4.78 is 116. The van der Waals surface area contributed by atoms with Crippen LogP contribution < -0.4 is 59.2 Å². The number of carboxylic acid groups (broad SMARTS) is 1. The van der Waals surface area contributed by atoms with Gasteiger partial charge in [0.25, 0.3) is 38.6 Å². The molecule has 35 nitrogen and oxygen atoms in total. The molecule has 9 aromatic rings. The van der Waals surface area contributed by atoms with Gasteiger partial charge in [0.1, 0.15) is 43.1 Å². The predicted molar refractivity (Wildman–Crippen MR) is 560 cm³/mol. The molecule has 9 atom stereocenters. The number of nitrogens with zero attached hydrogens (tertiary/aromatic N) is 2. The van der Waals surface area contributed by atoms with Crippen LogP contribution in [0.1, 0.15) is 195 Å². The average molecular weight is 2220 g/mol. The first-order chi connectivity index (χ1) is 68.6. The van der Waals surface area contributed by atoms with Gasteiger partial charge in [0.15, 0.2) is 0 Å². The zero-order chi connectivity index (χ0) is 110. The van der Waals surface area contributed by atoms with Gasteiger partial charge in [-0.25, -0.2) is 52.7 Å². The fraction of sp³-hybridized carbons (Fsp3) is 0.434. The highest BCUT2D eigenvalue weighted by Gasteiger charge is 2.38. The smallest absolute Gasteiger partial charge is 0.345 e. The Labute approximate surface area is 876 Å². The number of aliphatic hydroxyl groups is 5. The van der Waals surface area contributed by atoms with Gasteiger partial charge >= 0.3 is 5.97 Å². The van der Waals surface area contributed by atoms with Gasteiger partial charge in [0, 0.05) is 83.6 Å². The third kappa shape index (κ3) is 44.0. The lowest BCUT2D eigenvalue weighted by Gasteiger charge is -2.20. The Hall–Kier alpha value is -10.1. The van der Waals surface area contributed by atoms with Crippen molar-refractivity contribution in [2.24, 2.45) is 64.6 Å². The number of fused-ring (bicyclic) bond motifs is 4. The average Bonchev–Trinajstić information content (AvgIpc) is 1.61. The fourth-order valence-electron chi connectivity index (χ4n) is 14.2. The van der Waals surface area contributed by atoms with E-state index >= 15 is 0 Å². The highest BCUT2D eigenvalue weighted by atomic mass is 35.7. The Bertz CT molecular complexity index is 6040. The third-order valence-electron chi connectivity index (χ3n) is 21.4. The molecule has 9 amide bonds. The maximum atomic E-state index is 13.2. The number of hydrogen-bond acceptors (Lipinski definition) is 27. The highest BCUT2D eigenvalue weighted by molar-refractivity contribution is 8.13. The number of hydrazine groups is 1. The van der Waals surface area contributed by atoms with Crippen LogP contribution in [0.2, 0.25) is 15.1 Å². The van der Waals surface area contributed by atoms with Crippen LogP contribution in [-0.2, 0) is 48.3 Å². The summed E-state index contributed by atoms with van der Waals surface area (Å²) in [5, 5.41) is 72.7. The number of sulfonamides is 2. The van der Waals surface area contributed by atoms with Crippen LogP contribution in [0.25, 0.3) is 20.2 Å². The van der Waals surface area contributed by atoms with Crippen molar-refractivity contribution in [1.29, 1.82) is 0 Å². The van der Waals surface area contributed by atoms with E-state index < -0.39 is 95.0 Å². The number of thiophene rings is 2. The number of aliphatic hydroxyl groups excluding tert-OH is 5. The molecule has 2 aliphatic rings. The predicted octanol–water partition coefficient (Wildman–Crippen LogP) is 12.1. The first-order valence-corrected chi connectivity index (χ1v) is 54.6. The summed E-state index contributed by atoms with van der Waals surface area (Å²) in [5.74, 6) is 4.34.